The first-order valence-electron chi connectivity index (χ1n) is 15.0. The van der Waals surface area contributed by atoms with Crippen molar-refractivity contribution in [2.24, 2.45) is 0 Å². The molecular weight excluding hydrogens is 562 g/mol. The predicted octanol–water partition coefficient (Wildman–Crippen LogP) is 5.74. The summed E-state index contributed by atoms with van der Waals surface area (Å²) in [6.07, 6.45) is 0.959. The number of anilines is 2. The van der Waals surface area contributed by atoms with E-state index in [9.17, 15) is 9.59 Å². The number of carbonyl (C=O) groups is 1. The fraction of sp³-hybridized carbons (Fsp3) is 0.353. The van der Waals surface area contributed by atoms with Gasteiger partial charge in [-0.2, -0.15) is 0 Å². The third kappa shape index (κ3) is 5.20. The molecule has 43 heavy (non-hydrogen) atoms. The quantitative estimate of drug-likeness (QED) is 0.247. The van der Waals surface area contributed by atoms with E-state index in [-0.39, 0.29) is 17.4 Å². The Morgan fingerprint density at radius 2 is 1.70 bits per heavy atom. The van der Waals surface area contributed by atoms with Gasteiger partial charge in [-0.15, -0.1) is 11.3 Å². The van der Waals surface area contributed by atoms with Gasteiger partial charge in [0.25, 0.3) is 0 Å². The first-order valence-corrected chi connectivity index (χ1v) is 15.8. The molecule has 0 unspecified atom stereocenters. The molecule has 1 amide bonds. The van der Waals surface area contributed by atoms with Gasteiger partial charge in [-0.3, -0.25) is 14.5 Å². The lowest BCUT2D eigenvalue weighted by molar-refractivity contribution is -0.121. The first-order chi connectivity index (χ1) is 21.0. The number of hydrogen-bond donors (Lipinski definition) is 0. The monoisotopic (exact) mass is 597 g/mol. The van der Waals surface area contributed by atoms with Crippen molar-refractivity contribution in [1.82, 2.24) is 4.90 Å². The van der Waals surface area contributed by atoms with Crippen LogP contribution in [0.15, 0.2) is 69.9 Å². The van der Waals surface area contributed by atoms with Gasteiger partial charge in [0.05, 0.1) is 38.4 Å². The molecule has 7 rings (SSSR count). The summed E-state index contributed by atoms with van der Waals surface area (Å²) in [5, 5.41) is 2.79. The molecule has 2 aliphatic rings. The van der Waals surface area contributed by atoms with Crippen molar-refractivity contribution >= 4 is 60.0 Å². The Labute approximate surface area is 254 Å². The van der Waals surface area contributed by atoms with E-state index in [4.69, 9.17) is 13.9 Å². The first kappa shape index (κ1) is 28.0. The number of nitrogens with zero attached hydrogens (tertiary/aromatic N) is 3. The number of morpholine rings is 2. The topological polar surface area (TPSA) is 75.5 Å². The molecule has 0 saturated carbocycles. The van der Waals surface area contributed by atoms with Crippen molar-refractivity contribution in [2.45, 2.75) is 19.4 Å². The number of para-hydroxylation sites is 1. The van der Waals surface area contributed by atoms with E-state index in [1.165, 1.54) is 0 Å². The van der Waals surface area contributed by atoms with Crippen LogP contribution < -0.4 is 15.2 Å². The highest BCUT2D eigenvalue weighted by atomic mass is 32.1. The lowest BCUT2D eigenvalue weighted by Gasteiger charge is -2.35. The van der Waals surface area contributed by atoms with Crippen molar-refractivity contribution in [3.63, 3.8) is 0 Å². The summed E-state index contributed by atoms with van der Waals surface area (Å²) in [5.41, 5.74) is 3.34. The highest BCUT2D eigenvalue weighted by Gasteiger charge is 2.25. The van der Waals surface area contributed by atoms with E-state index >= 15 is 0 Å². The number of likely N-dealkylation sites (N-methyl/N-ethyl adjacent to an activating group) is 1. The number of fused-ring (bicyclic) bond motifs is 4. The molecular formula is C34H35N3O5S. The molecule has 2 saturated heterocycles. The summed E-state index contributed by atoms with van der Waals surface area (Å²) in [6, 6.07) is 20.2. The summed E-state index contributed by atoms with van der Waals surface area (Å²) in [5.74, 6) is 0.651. The number of carbonyl (C=O) groups excluding carboxylic acids is 1. The fourth-order valence-electron chi connectivity index (χ4n) is 6.22. The molecule has 2 aromatic heterocycles. The molecule has 1 atom stereocenters. The van der Waals surface area contributed by atoms with E-state index < -0.39 is 0 Å². The number of amides is 1. The van der Waals surface area contributed by atoms with Crippen molar-refractivity contribution < 1.29 is 18.7 Å². The maximum absolute atomic E-state index is 13.3. The molecule has 222 valence electrons. The molecule has 9 heteroatoms. The van der Waals surface area contributed by atoms with Crippen LogP contribution in [0.4, 0.5) is 11.6 Å². The van der Waals surface area contributed by atoms with Crippen LogP contribution in [0.3, 0.4) is 0 Å². The van der Waals surface area contributed by atoms with Crippen molar-refractivity contribution in [2.75, 3.05) is 69.5 Å². The maximum atomic E-state index is 13.3. The minimum Gasteiger partial charge on any atom is -0.440 e. The van der Waals surface area contributed by atoms with Crippen LogP contribution in [0.25, 0.3) is 42.3 Å². The molecule has 5 aromatic rings. The summed E-state index contributed by atoms with van der Waals surface area (Å²) < 4.78 is 19.8. The van der Waals surface area contributed by atoms with Gasteiger partial charge in [-0.1, -0.05) is 37.3 Å². The third-order valence-electron chi connectivity index (χ3n) is 8.76. The van der Waals surface area contributed by atoms with Gasteiger partial charge < -0.3 is 23.7 Å². The summed E-state index contributed by atoms with van der Waals surface area (Å²) in [7, 11) is 1.86. The number of rotatable bonds is 6. The second-order valence-electron chi connectivity index (χ2n) is 11.3. The van der Waals surface area contributed by atoms with Crippen LogP contribution in [0, 0.1) is 0 Å². The molecule has 0 bridgehead atoms. The number of ether oxygens (including phenoxy) is 2. The van der Waals surface area contributed by atoms with Crippen molar-refractivity contribution in [3.05, 3.63) is 70.9 Å². The number of hydrogen-bond acceptors (Lipinski definition) is 8. The average Bonchev–Trinajstić information content (AvgIpc) is 3.43. The SMILES string of the molecule is CC[C@@H]1COCCN1CC(=O)N(C)c1ccc2sc3c(-c4cccc5c(=O)cc(N6CCOCC6)oc45)cccc3c2c1. The Morgan fingerprint density at radius 1 is 0.930 bits per heavy atom. The predicted molar refractivity (Wildman–Crippen MR) is 174 cm³/mol. The molecule has 0 spiro atoms. The van der Waals surface area contributed by atoms with E-state index in [2.05, 4.69) is 47.1 Å². The lowest BCUT2D eigenvalue weighted by atomic mass is 10.0. The van der Waals surface area contributed by atoms with Gasteiger partial charge in [0.15, 0.2) is 11.3 Å². The van der Waals surface area contributed by atoms with Crippen LogP contribution in [0.5, 0.6) is 0 Å². The molecule has 2 aliphatic heterocycles. The standard InChI is InChI=1S/C34H35N3O5S/c1-3-22-21-41-17-14-37(22)20-31(39)35(2)23-10-11-30-28(18-23)26-8-5-7-25(34(26)43-30)24-6-4-9-27-29(38)19-32(42-33(24)27)36-12-15-40-16-13-36/h4-11,18-19,22H,3,12-17,20-21H2,1-2H3/t22-/m1/s1. The summed E-state index contributed by atoms with van der Waals surface area (Å²) in [4.78, 5) is 32.6. The minimum atomic E-state index is -0.0483. The van der Waals surface area contributed by atoms with Crippen LogP contribution in [0.1, 0.15) is 13.3 Å². The Morgan fingerprint density at radius 3 is 2.51 bits per heavy atom. The normalized spacial score (nSPS) is 18.1. The van der Waals surface area contributed by atoms with Gasteiger partial charge >= 0.3 is 0 Å². The van der Waals surface area contributed by atoms with Crippen molar-refractivity contribution in [1.29, 1.82) is 0 Å². The lowest BCUT2D eigenvalue weighted by Crippen LogP contribution is -2.49. The Bertz CT molecular complexity index is 1880. The highest BCUT2D eigenvalue weighted by molar-refractivity contribution is 7.26. The molecule has 8 nitrogen and oxygen atoms in total. The molecule has 0 radical (unpaired) electrons. The number of thiophene rings is 1. The maximum Gasteiger partial charge on any atom is 0.240 e. The zero-order chi connectivity index (χ0) is 29.5. The van der Waals surface area contributed by atoms with Crippen LogP contribution >= 0.6 is 11.3 Å². The second-order valence-corrected chi connectivity index (χ2v) is 12.3. The van der Waals surface area contributed by atoms with Crippen LogP contribution in [-0.4, -0.2) is 76.5 Å². The van der Waals surface area contributed by atoms with E-state index in [0.29, 0.717) is 62.9 Å². The molecule has 0 N–H and O–H groups in total. The van der Waals surface area contributed by atoms with Gasteiger partial charge in [-0.25, -0.2) is 0 Å². The van der Waals surface area contributed by atoms with Crippen LogP contribution in [-0.2, 0) is 14.3 Å². The number of benzene rings is 3. The largest absolute Gasteiger partial charge is 0.440 e. The molecule has 3 aromatic carbocycles. The summed E-state index contributed by atoms with van der Waals surface area (Å²) in [6.45, 7) is 7.23. The summed E-state index contributed by atoms with van der Waals surface area (Å²) >= 11 is 1.72. The van der Waals surface area contributed by atoms with Gasteiger partial charge in [0.1, 0.15) is 5.58 Å². The van der Waals surface area contributed by atoms with Crippen molar-refractivity contribution in [3.8, 4) is 11.1 Å². The second kappa shape index (κ2) is 11.7. The van der Waals surface area contributed by atoms with E-state index in [0.717, 1.165) is 50.0 Å². The highest BCUT2D eigenvalue weighted by Crippen LogP contribution is 2.43. The fourth-order valence-corrected chi connectivity index (χ4v) is 7.43. The van der Waals surface area contributed by atoms with Gasteiger partial charge in [-0.05, 0) is 30.7 Å². The Balaban J connectivity index is 1.26. The van der Waals surface area contributed by atoms with Crippen LogP contribution in [0.2, 0.25) is 0 Å². The van der Waals surface area contributed by atoms with E-state index in [1.807, 2.05) is 31.3 Å². The Hall–Kier alpha value is -3.76. The molecule has 0 aliphatic carbocycles. The zero-order valence-electron chi connectivity index (χ0n) is 24.5. The van der Waals surface area contributed by atoms with Gasteiger partial charge in [0, 0.05) is 75.8 Å². The Kier molecular flexibility index (Phi) is 7.65. The minimum absolute atomic E-state index is 0.0483. The molecule has 4 heterocycles. The zero-order valence-corrected chi connectivity index (χ0v) is 25.3. The smallest absolute Gasteiger partial charge is 0.240 e. The van der Waals surface area contributed by atoms with Gasteiger partial charge in [0.2, 0.25) is 5.91 Å². The van der Waals surface area contributed by atoms with E-state index in [1.54, 1.807) is 22.3 Å². The third-order valence-corrected chi connectivity index (χ3v) is 9.98. The average molecular weight is 598 g/mol. The molecule has 2 fully saturated rings.